The van der Waals surface area contributed by atoms with E-state index < -0.39 is 16.0 Å². The molecule has 0 radical (unpaired) electrons. The molecule has 0 unspecified atom stereocenters. The summed E-state index contributed by atoms with van der Waals surface area (Å²) in [5.74, 6) is -1.16. The number of hydrogen-bond acceptors (Lipinski definition) is 4. The number of rotatable bonds is 6. The molecule has 1 fully saturated rings. The van der Waals surface area contributed by atoms with Gasteiger partial charge in [0.25, 0.3) is 0 Å². The van der Waals surface area contributed by atoms with Crippen LogP contribution in [0.1, 0.15) is 29.6 Å². The molecule has 1 aromatic carbocycles. The highest BCUT2D eigenvalue weighted by Gasteiger charge is 2.21. The largest absolute Gasteiger partial charge is 0.478 e. The second-order valence-electron chi connectivity index (χ2n) is 6.02. The number of carbonyl (C=O) groups is 1. The van der Waals surface area contributed by atoms with Crippen LogP contribution >= 0.6 is 0 Å². The first-order chi connectivity index (χ1) is 11.5. The van der Waals surface area contributed by atoms with Gasteiger partial charge in [0.2, 0.25) is 10.0 Å². The SMILES string of the molecule is O=C(O)c1cc(S(=O)(=O)NCCN2CCCCC2)c2cc[nH]c2c1. The van der Waals surface area contributed by atoms with E-state index in [1.54, 1.807) is 12.3 Å². The molecule has 3 rings (SSSR count). The third-order valence-electron chi connectivity index (χ3n) is 4.34. The molecule has 24 heavy (non-hydrogen) atoms. The topological polar surface area (TPSA) is 102 Å². The molecule has 0 aliphatic carbocycles. The Morgan fingerprint density at radius 1 is 1.25 bits per heavy atom. The first-order valence-electron chi connectivity index (χ1n) is 8.04. The fourth-order valence-corrected chi connectivity index (χ4v) is 4.34. The zero-order valence-electron chi connectivity index (χ0n) is 13.3. The van der Waals surface area contributed by atoms with Crippen molar-refractivity contribution < 1.29 is 18.3 Å². The van der Waals surface area contributed by atoms with Crippen LogP contribution in [-0.4, -0.2) is 55.6 Å². The summed E-state index contributed by atoms with van der Waals surface area (Å²) in [5.41, 5.74) is 0.438. The average molecular weight is 351 g/mol. The molecule has 2 aromatic rings. The smallest absolute Gasteiger partial charge is 0.335 e. The molecular formula is C16H21N3O4S. The van der Waals surface area contributed by atoms with Gasteiger partial charge in [0.15, 0.2) is 0 Å². The second-order valence-corrected chi connectivity index (χ2v) is 7.75. The Morgan fingerprint density at radius 2 is 2.00 bits per heavy atom. The van der Waals surface area contributed by atoms with Gasteiger partial charge in [-0.1, -0.05) is 6.42 Å². The normalized spacial score (nSPS) is 16.5. The molecule has 1 aliphatic heterocycles. The number of piperidine rings is 1. The van der Waals surface area contributed by atoms with E-state index in [4.69, 9.17) is 0 Å². The zero-order valence-corrected chi connectivity index (χ0v) is 14.1. The van der Waals surface area contributed by atoms with Crippen LogP contribution in [0.4, 0.5) is 0 Å². The third-order valence-corrected chi connectivity index (χ3v) is 5.84. The number of aromatic nitrogens is 1. The molecule has 8 heteroatoms. The summed E-state index contributed by atoms with van der Waals surface area (Å²) < 4.78 is 27.8. The number of likely N-dealkylation sites (tertiary alicyclic amines) is 1. The number of fused-ring (bicyclic) bond motifs is 1. The van der Waals surface area contributed by atoms with Gasteiger partial charge in [0.05, 0.1) is 10.5 Å². The lowest BCUT2D eigenvalue weighted by atomic mass is 10.1. The fraction of sp³-hybridized carbons (Fsp3) is 0.438. The predicted molar refractivity (Wildman–Crippen MR) is 90.7 cm³/mol. The van der Waals surface area contributed by atoms with Crippen LogP contribution in [0.15, 0.2) is 29.3 Å². The van der Waals surface area contributed by atoms with Crippen molar-refractivity contribution in [1.29, 1.82) is 0 Å². The number of carboxylic acids is 1. The molecule has 0 atom stereocenters. The summed E-state index contributed by atoms with van der Waals surface area (Å²) >= 11 is 0. The predicted octanol–water partition coefficient (Wildman–Crippen LogP) is 1.63. The van der Waals surface area contributed by atoms with E-state index in [1.807, 2.05) is 0 Å². The van der Waals surface area contributed by atoms with Crippen LogP contribution in [0, 0.1) is 0 Å². The van der Waals surface area contributed by atoms with Crippen LogP contribution in [0.25, 0.3) is 10.9 Å². The molecule has 1 saturated heterocycles. The molecule has 1 aliphatic rings. The molecule has 0 amide bonds. The van der Waals surface area contributed by atoms with E-state index in [9.17, 15) is 18.3 Å². The molecule has 1 aromatic heterocycles. The summed E-state index contributed by atoms with van der Waals surface area (Å²) in [6.07, 6.45) is 5.13. The van der Waals surface area contributed by atoms with Gasteiger partial charge in [-0.2, -0.15) is 0 Å². The van der Waals surface area contributed by atoms with Gasteiger partial charge >= 0.3 is 5.97 Å². The Morgan fingerprint density at radius 3 is 2.71 bits per heavy atom. The van der Waals surface area contributed by atoms with Gasteiger partial charge < -0.3 is 15.0 Å². The monoisotopic (exact) mass is 351 g/mol. The van der Waals surface area contributed by atoms with Crippen molar-refractivity contribution >= 4 is 26.9 Å². The summed E-state index contributed by atoms with van der Waals surface area (Å²) in [7, 11) is -3.77. The van der Waals surface area contributed by atoms with Gasteiger partial charge in [-0.05, 0) is 44.1 Å². The van der Waals surface area contributed by atoms with Crippen molar-refractivity contribution in [2.45, 2.75) is 24.2 Å². The van der Waals surface area contributed by atoms with Gasteiger partial charge in [0, 0.05) is 30.2 Å². The maximum Gasteiger partial charge on any atom is 0.335 e. The minimum atomic E-state index is -3.77. The van der Waals surface area contributed by atoms with Crippen LogP contribution in [-0.2, 0) is 10.0 Å². The van der Waals surface area contributed by atoms with Crippen LogP contribution < -0.4 is 4.72 Å². The van der Waals surface area contributed by atoms with Crippen molar-refractivity contribution in [3.63, 3.8) is 0 Å². The van der Waals surface area contributed by atoms with Crippen molar-refractivity contribution in [3.8, 4) is 0 Å². The highest BCUT2D eigenvalue weighted by molar-refractivity contribution is 7.89. The van der Waals surface area contributed by atoms with Crippen LogP contribution in [0.2, 0.25) is 0 Å². The van der Waals surface area contributed by atoms with Crippen molar-refractivity contribution in [1.82, 2.24) is 14.6 Å². The van der Waals surface area contributed by atoms with Crippen LogP contribution in [0.3, 0.4) is 0 Å². The fourth-order valence-electron chi connectivity index (χ4n) is 3.08. The van der Waals surface area contributed by atoms with E-state index in [0.29, 0.717) is 24.0 Å². The number of carboxylic acid groups (broad SMARTS) is 1. The third kappa shape index (κ3) is 3.61. The summed E-state index contributed by atoms with van der Waals surface area (Å²) in [6, 6.07) is 4.28. The second kappa shape index (κ2) is 6.92. The number of aromatic amines is 1. The van der Waals surface area contributed by atoms with Gasteiger partial charge in [0.1, 0.15) is 0 Å². The number of sulfonamides is 1. The van der Waals surface area contributed by atoms with E-state index in [0.717, 1.165) is 25.9 Å². The lowest BCUT2D eigenvalue weighted by Gasteiger charge is -2.26. The minimum Gasteiger partial charge on any atom is -0.478 e. The molecule has 2 heterocycles. The standard InChI is InChI=1S/C16H21N3O4S/c20-16(21)12-10-14-13(4-5-17-14)15(11-12)24(22,23)18-6-9-19-7-2-1-3-8-19/h4-5,10-11,17-18H,1-3,6-9H2,(H,20,21). The van der Waals surface area contributed by atoms with Gasteiger partial charge in [-0.3, -0.25) is 0 Å². The van der Waals surface area contributed by atoms with Crippen molar-refractivity contribution in [2.24, 2.45) is 0 Å². The molecule has 0 spiro atoms. The average Bonchev–Trinajstić information content (AvgIpc) is 3.03. The Kier molecular flexibility index (Phi) is 4.88. The maximum atomic E-state index is 12.6. The van der Waals surface area contributed by atoms with E-state index in [-0.39, 0.29) is 10.5 Å². The number of aromatic carboxylic acids is 1. The van der Waals surface area contributed by atoms with E-state index in [1.165, 1.54) is 18.6 Å². The number of nitrogens with one attached hydrogen (secondary N) is 2. The molecule has 0 saturated carbocycles. The lowest BCUT2D eigenvalue weighted by molar-refractivity contribution is 0.0697. The molecular weight excluding hydrogens is 330 g/mol. The van der Waals surface area contributed by atoms with Gasteiger partial charge in [-0.15, -0.1) is 0 Å². The molecule has 3 N–H and O–H groups in total. The summed E-state index contributed by atoms with van der Waals surface area (Å²) in [5, 5.41) is 9.67. The Hall–Kier alpha value is -1.90. The minimum absolute atomic E-state index is 0.00251. The van der Waals surface area contributed by atoms with Crippen LogP contribution in [0.5, 0.6) is 0 Å². The number of benzene rings is 1. The highest BCUT2D eigenvalue weighted by Crippen LogP contribution is 2.24. The number of hydrogen-bond donors (Lipinski definition) is 3. The number of H-pyrrole nitrogens is 1. The summed E-state index contributed by atoms with van der Waals surface area (Å²) in [4.78, 5) is 16.3. The zero-order chi connectivity index (χ0) is 17.2. The highest BCUT2D eigenvalue weighted by atomic mass is 32.2. The van der Waals surface area contributed by atoms with Crippen molar-refractivity contribution in [2.75, 3.05) is 26.2 Å². The number of nitrogens with zero attached hydrogens (tertiary/aromatic N) is 1. The molecule has 130 valence electrons. The van der Waals surface area contributed by atoms with Gasteiger partial charge in [-0.25, -0.2) is 17.9 Å². The maximum absolute atomic E-state index is 12.6. The Bertz CT molecular complexity index is 838. The molecule has 7 nitrogen and oxygen atoms in total. The van der Waals surface area contributed by atoms with E-state index in [2.05, 4.69) is 14.6 Å². The quantitative estimate of drug-likeness (QED) is 0.734. The molecule has 0 bridgehead atoms. The first-order valence-corrected chi connectivity index (χ1v) is 9.52. The van der Waals surface area contributed by atoms with Crippen molar-refractivity contribution in [3.05, 3.63) is 30.0 Å². The lowest BCUT2D eigenvalue weighted by Crippen LogP contribution is -2.37. The summed E-state index contributed by atoms with van der Waals surface area (Å²) in [6.45, 7) is 2.97. The Labute approximate surface area is 140 Å². The first kappa shape index (κ1) is 16.9. The van der Waals surface area contributed by atoms with E-state index >= 15 is 0 Å². The Balaban J connectivity index is 1.79.